The average Bonchev–Trinajstić information content (AvgIpc) is 2.92. The van der Waals surface area contributed by atoms with Crippen molar-refractivity contribution in [2.45, 2.75) is 18.8 Å². The molecule has 0 aliphatic heterocycles. The molecular formula is C16H18BrNO3S. The first-order valence-corrected chi connectivity index (χ1v) is 8.47. The largest absolute Gasteiger partial charge is 0.493 e. The van der Waals surface area contributed by atoms with Crippen LogP contribution in [0, 0.1) is 0 Å². The summed E-state index contributed by atoms with van der Waals surface area (Å²) >= 11 is 5.15. The molecule has 1 unspecified atom stereocenters. The summed E-state index contributed by atoms with van der Waals surface area (Å²) in [5.74, 6) is 0.545. The van der Waals surface area contributed by atoms with Crippen LogP contribution in [0.5, 0.6) is 11.5 Å². The zero-order valence-corrected chi connectivity index (χ0v) is 14.9. The van der Waals surface area contributed by atoms with Gasteiger partial charge < -0.3 is 15.2 Å². The molecule has 6 heteroatoms. The summed E-state index contributed by atoms with van der Waals surface area (Å²) in [5.41, 5.74) is 7.62. The predicted octanol–water partition coefficient (Wildman–Crippen LogP) is 3.73. The zero-order valence-electron chi connectivity index (χ0n) is 12.5. The minimum Gasteiger partial charge on any atom is -0.493 e. The Labute approximate surface area is 142 Å². The van der Waals surface area contributed by atoms with E-state index in [4.69, 9.17) is 15.2 Å². The Hall–Kier alpha value is -1.53. The molecule has 2 aromatic rings. The summed E-state index contributed by atoms with van der Waals surface area (Å²) in [5, 5.41) is 2.02. The molecule has 22 heavy (non-hydrogen) atoms. The second-order valence-electron chi connectivity index (χ2n) is 4.83. The molecule has 2 rings (SSSR count). The number of primary amides is 1. The smallest absolute Gasteiger partial charge is 0.224 e. The predicted molar refractivity (Wildman–Crippen MR) is 91.8 cm³/mol. The van der Waals surface area contributed by atoms with Crippen molar-refractivity contribution in [1.29, 1.82) is 0 Å². The van der Waals surface area contributed by atoms with Gasteiger partial charge in [-0.2, -0.15) is 0 Å². The van der Waals surface area contributed by atoms with Crippen molar-refractivity contribution in [1.82, 2.24) is 0 Å². The van der Waals surface area contributed by atoms with Crippen molar-refractivity contribution in [2.75, 3.05) is 14.2 Å². The molecule has 0 aliphatic rings. The molecule has 1 amide bonds. The van der Waals surface area contributed by atoms with Crippen LogP contribution in [0.15, 0.2) is 33.4 Å². The number of methoxy groups -OCH3 is 2. The monoisotopic (exact) mass is 383 g/mol. The van der Waals surface area contributed by atoms with Crippen LogP contribution >= 0.6 is 27.3 Å². The van der Waals surface area contributed by atoms with Crippen LogP contribution in [-0.4, -0.2) is 20.1 Å². The SMILES string of the molecule is COc1ccc(C(CCc2ccsc2Br)C(N)=O)cc1OC. The number of thiophene rings is 1. The highest BCUT2D eigenvalue weighted by Crippen LogP contribution is 2.33. The van der Waals surface area contributed by atoms with Crippen molar-refractivity contribution in [3.05, 3.63) is 44.6 Å². The van der Waals surface area contributed by atoms with Gasteiger partial charge in [0.05, 0.1) is 23.9 Å². The Morgan fingerprint density at radius 2 is 2.00 bits per heavy atom. The first kappa shape index (κ1) is 16.8. The van der Waals surface area contributed by atoms with Gasteiger partial charge in [-0.25, -0.2) is 0 Å². The number of benzene rings is 1. The van der Waals surface area contributed by atoms with E-state index in [0.29, 0.717) is 17.9 Å². The van der Waals surface area contributed by atoms with E-state index in [-0.39, 0.29) is 11.8 Å². The molecule has 1 aromatic heterocycles. The molecule has 1 aromatic carbocycles. The molecule has 2 N–H and O–H groups in total. The number of nitrogens with two attached hydrogens (primary N) is 1. The van der Waals surface area contributed by atoms with Gasteiger partial charge in [0, 0.05) is 0 Å². The van der Waals surface area contributed by atoms with Crippen molar-refractivity contribution >= 4 is 33.2 Å². The summed E-state index contributed by atoms with van der Waals surface area (Å²) in [6.07, 6.45) is 1.44. The third-order valence-electron chi connectivity index (χ3n) is 3.55. The summed E-state index contributed by atoms with van der Waals surface area (Å²) in [6.45, 7) is 0. The number of amides is 1. The standard InChI is InChI=1S/C16H18BrNO3S/c1-20-13-6-4-11(9-14(13)21-2)12(16(18)19)5-3-10-7-8-22-15(10)17/h4,6-9,12H,3,5H2,1-2H3,(H2,18,19). The minimum absolute atomic E-state index is 0.335. The van der Waals surface area contributed by atoms with Crippen LogP contribution in [0.1, 0.15) is 23.5 Å². The van der Waals surface area contributed by atoms with Crippen LogP contribution < -0.4 is 15.2 Å². The minimum atomic E-state index is -0.355. The van der Waals surface area contributed by atoms with E-state index in [1.807, 2.05) is 17.5 Å². The molecule has 4 nitrogen and oxygen atoms in total. The Morgan fingerprint density at radius 3 is 2.55 bits per heavy atom. The molecule has 0 saturated heterocycles. The van der Waals surface area contributed by atoms with E-state index in [9.17, 15) is 4.79 Å². The third-order valence-corrected chi connectivity index (χ3v) is 5.36. The van der Waals surface area contributed by atoms with Gasteiger partial charge in [0.15, 0.2) is 11.5 Å². The van der Waals surface area contributed by atoms with E-state index in [1.165, 1.54) is 5.56 Å². The van der Waals surface area contributed by atoms with Gasteiger partial charge in [0.2, 0.25) is 5.91 Å². The van der Waals surface area contributed by atoms with Crippen LogP contribution in [0.4, 0.5) is 0 Å². The molecule has 118 valence electrons. The highest BCUT2D eigenvalue weighted by molar-refractivity contribution is 9.11. The fraction of sp³-hybridized carbons (Fsp3) is 0.312. The molecule has 0 radical (unpaired) electrons. The van der Waals surface area contributed by atoms with Gasteiger partial charge in [-0.3, -0.25) is 4.79 Å². The lowest BCUT2D eigenvalue weighted by Crippen LogP contribution is -2.22. The summed E-state index contributed by atoms with van der Waals surface area (Å²) < 4.78 is 11.6. The molecule has 0 bridgehead atoms. The van der Waals surface area contributed by atoms with Crippen molar-refractivity contribution in [3.8, 4) is 11.5 Å². The fourth-order valence-electron chi connectivity index (χ4n) is 2.34. The first-order chi connectivity index (χ1) is 10.6. The first-order valence-electron chi connectivity index (χ1n) is 6.80. The number of carbonyl (C=O) groups excluding carboxylic acids is 1. The molecule has 0 saturated carbocycles. The van der Waals surface area contributed by atoms with Crippen LogP contribution in [-0.2, 0) is 11.2 Å². The van der Waals surface area contributed by atoms with Crippen molar-refractivity contribution in [2.24, 2.45) is 5.73 Å². The maximum Gasteiger partial charge on any atom is 0.224 e. The number of hydrogen-bond donors (Lipinski definition) is 1. The highest BCUT2D eigenvalue weighted by atomic mass is 79.9. The highest BCUT2D eigenvalue weighted by Gasteiger charge is 2.20. The van der Waals surface area contributed by atoms with Gasteiger partial charge in [-0.15, -0.1) is 11.3 Å². The Morgan fingerprint density at radius 1 is 1.27 bits per heavy atom. The Balaban J connectivity index is 2.21. The molecule has 0 fully saturated rings. The van der Waals surface area contributed by atoms with Crippen LogP contribution in [0.25, 0.3) is 0 Å². The second kappa shape index (κ2) is 7.65. The fourth-order valence-corrected chi connectivity index (χ4v) is 3.67. The van der Waals surface area contributed by atoms with E-state index in [1.54, 1.807) is 31.6 Å². The quantitative estimate of drug-likeness (QED) is 0.791. The normalized spacial score (nSPS) is 12.0. The van der Waals surface area contributed by atoms with E-state index in [0.717, 1.165) is 15.8 Å². The summed E-state index contributed by atoms with van der Waals surface area (Å²) in [7, 11) is 3.15. The lowest BCUT2D eigenvalue weighted by molar-refractivity contribution is -0.119. The second-order valence-corrected chi connectivity index (χ2v) is 7.06. The van der Waals surface area contributed by atoms with Crippen LogP contribution in [0.2, 0.25) is 0 Å². The summed E-state index contributed by atoms with van der Waals surface area (Å²) in [6, 6.07) is 7.53. The topological polar surface area (TPSA) is 61.5 Å². The van der Waals surface area contributed by atoms with Crippen molar-refractivity contribution in [3.63, 3.8) is 0 Å². The van der Waals surface area contributed by atoms with Gasteiger partial charge in [-0.05, 0) is 63.5 Å². The molecule has 1 atom stereocenters. The third kappa shape index (κ3) is 3.81. The van der Waals surface area contributed by atoms with Crippen LogP contribution in [0.3, 0.4) is 0 Å². The number of carbonyl (C=O) groups is 1. The Kier molecular flexibility index (Phi) is 5.85. The van der Waals surface area contributed by atoms with E-state index >= 15 is 0 Å². The van der Waals surface area contributed by atoms with Gasteiger partial charge >= 0.3 is 0 Å². The van der Waals surface area contributed by atoms with Gasteiger partial charge in [0.1, 0.15) is 0 Å². The zero-order chi connectivity index (χ0) is 16.1. The average molecular weight is 384 g/mol. The van der Waals surface area contributed by atoms with E-state index < -0.39 is 0 Å². The maximum absolute atomic E-state index is 11.8. The van der Waals surface area contributed by atoms with Gasteiger partial charge in [-0.1, -0.05) is 6.07 Å². The Bertz CT molecular complexity index is 657. The summed E-state index contributed by atoms with van der Waals surface area (Å²) in [4.78, 5) is 11.8. The van der Waals surface area contributed by atoms with Gasteiger partial charge in [0.25, 0.3) is 0 Å². The molecule has 0 spiro atoms. The molecule has 0 aliphatic carbocycles. The number of ether oxygens (including phenoxy) is 2. The van der Waals surface area contributed by atoms with E-state index in [2.05, 4.69) is 22.0 Å². The van der Waals surface area contributed by atoms with Crippen molar-refractivity contribution < 1.29 is 14.3 Å². The number of hydrogen-bond acceptors (Lipinski definition) is 4. The number of halogens is 1. The molecule has 1 heterocycles. The maximum atomic E-state index is 11.8. The lowest BCUT2D eigenvalue weighted by atomic mass is 9.92. The lowest BCUT2D eigenvalue weighted by Gasteiger charge is -2.16. The number of rotatable bonds is 7. The molecular weight excluding hydrogens is 366 g/mol. The number of aryl methyl sites for hydroxylation is 1.